The molecule has 0 radical (unpaired) electrons. The van der Waals surface area contributed by atoms with E-state index in [-0.39, 0.29) is 11.9 Å². The van der Waals surface area contributed by atoms with E-state index in [9.17, 15) is 4.79 Å². The average molecular weight is 343 g/mol. The lowest BCUT2D eigenvalue weighted by Gasteiger charge is -2.06. The second kappa shape index (κ2) is 17.9. The lowest BCUT2D eigenvalue weighted by atomic mass is 10.1. The topological polar surface area (TPSA) is 88.7 Å². The first-order chi connectivity index (χ1) is 11.7. The summed E-state index contributed by atoms with van der Waals surface area (Å²) in [6.07, 6.45) is 15.0. The van der Waals surface area contributed by atoms with Crippen molar-refractivity contribution in [2.45, 2.75) is 97.3 Å². The van der Waals surface area contributed by atoms with Crippen LogP contribution in [0.4, 0.5) is 0 Å². The fourth-order valence-electron chi connectivity index (χ4n) is 2.36. The van der Waals surface area contributed by atoms with E-state index in [1.165, 1.54) is 51.4 Å². The van der Waals surface area contributed by atoms with Crippen molar-refractivity contribution >= 4 is 11.9 Å². The van der Waals surface area contributed by atoms with Gasteiger partial charge >= 0.3 is 5.97 Å². The maximum atomic E-state index is 11.4. The van der Waals surface area contributed by atoms with Crippen molar-refractivity contribution in [3.63, 3.8) is 0 Å². The first-order valence-corrected chi connectivity index (χ1v) is 9.72. The Labute approximate surface area is 147 Å². The van der Waals surface area contributed by atoms with Gasteiger partial charge < -0.3 is 16.0 Å². The zero-order valence-corrected chi connectivity index (χ0v) is 15.7. The molecule has 24 heavy (non-hydrogen) atoms. The minimum absolute atomic E-state index is 0.0785. The van der Waals surface area contributed by atoms with Crippen molar-refractivity contribution in [3.8, 4) is 0 Å². The quantitative estimate of drug-likeness (QED) is 0.181. The van der Waals surface area contributed by atoms with Crippen LogP contribution in [0.2, 0.25) is 0 Å². The molecule has 0 saturated carbocycles. The molecule has 0 amide bonds. The van der Waals surface area contributed by atoms with Gasteiger partial charge in [0, 0.05) is 13.0 Å². The Morgan fingerprint density at radius 3 is 2.04 bits per heavy atom. The number of hydrazone groups is 1. The van der Waals surface area contributed by atoms with Crippen LogP contribution in [-0.4, -0.2) is 18.5 Å². The highest BCUT2D eigenvalue weighted by Gasteiger charge is 2.02. The van der Waals surface area contributed by atoms with Crippen molar-refractivity contribution < 1.29 is 9.63 Å². The second-order valence-electron chi connectivity index (χ2n) is 6.27. The van der Waals surface area contributed by atoms with Gasteiger partial charge in [0.05, 0.1) is 0 Å². The van der Waals surface area contributed by atoms with Gasteiger partial charge in [0.2, 0.25) is 5.96 Å². The Kier molecular flexibility index (Phi) is 16.8. The summed E-state index contributed by atoms with van der Waals surface area (Å²) in [7, 11) is 0. The molecule has 142 valence electrons. The van der Waals surface area contributed by atoms with Gasteiger partial charge in [0.25, 0.3) is 0 Å². The molecule has 0 bridgehead atoms. The highest BCUT2D eigenvalue weighted by molar-refractivity contribution is 5.79. The van der Waals surface area contributed by atoms with Gasteiger partial charge in [-0.3, -0.25) is 0 Å². The molecule has 0 fully saturated rings. The van der Waals surface area contributed by atoms with Crippen LogP contribution in [0.3, 0.4) is 0 Å². The molecule has 4 N–H and O–H groups in total. The standard InChI is InChI=1S/C18H38N4O2/c1-3-5-7-8-9-10-11-12-14-16-20-21-18(19)22-24-17(23)15-13-6-4-2/h20H,3-16H2,1-2H3,(H3,19,21,22). The van der Waals surface area contributed by atoms with Gasteiger partial charge in [0.1, 0.15) is 0 Å². The van der Waals surface area contributed by atoms with Crippen LogP contribution >= 0.6 is 0 Å². The van der Waals surface area contributed by atoms with Gasteiger partial charge in [-0.15, -0.1) is 5.10 Å². The van der Waals surface area contributed by atoms with E-state index in [1.54, 1.807) is 0 Å². The molecule has 0 aromatic heterocycles. The number of hydrogen-bond acceptors (Lipinski definition) is 4. The van der Waals surface area contributed by atoms with E-state index >= 15 is 0 Å². The van der Waals surface area contributed by atoms with E-state index in [4.69, 9.17) is 10.6 Å². The molecule has 0 saturated heterocycles. The highest BCUT2D eigenvalue weighted by atomic mass is 16.7. The minimum Gasteiger partial charge on any atom is -0.366 e. The van der Waals surface area contributed by atoms with Crippen LogP contribution in [0.1, 0.15) is 97.3 Å². The minimum atomic E-state index is -0.305. The fraction of sp³-hybridized carbons (Fsp3) is 0.889. The van der Waals surface area contributed by atoms with Gasteiger partial charge in [-0.2, -0.15) is 5.48 Å². The zero-order valence-electron chi connectivity index (χ0n) is 15.7. The smallest absolute Gasteiger partial charge is 0.332 e. The number of unbranched alkanes of at least 4 members (excludes halogenated alkanes) is 10. The summed E-state index contributed by atoms with van der Waals surface area (Å²) in [6, 6.07) is 0. The fourth-order valence-corrected chi connectivity index (χ4v) is 2.36. The molecule has 0 aromatic rings. The Balaban J connectivity index is 3.38. The van der Waals surface area contributed by atoms with Crippen molar-refractivity contribution in [1.29, 1.82) is 0 Å². The van der Waals surface area contributed by atoms with Crippen LogP contribution in [0.25, 0.3) is 0 Å². The normalized spacial score (nSPS) is 11.3. The Morgan fingerprint density at radius 1 is 0.875 bits per heavy atom. The van der Waals surface area contributed by atoms with Crippen LogP contribution < -0.4 is 16.6 Å². The number of nitrogens with zero attached hydrogens (tertiary/aromatic N) is 1. The Morgan fingerprint density at radius 2 is 1.42 bits per heavy atom. The van der Waals surface area contributed by atoms with Crippen LogP contribution in [0.15, 0.2) is 5.10 Å². The first kappa shape index (κ1) is 22.5. The monoisotopic (exact) mass is 342 g/mol. The van der Waals surface area contributed by atoms with E-state index in [2.05, 4.69) is 29.9 Å². The molecule has 6 nitrogen and oxygen atoms in total. The van der Waals surface area contributed by atoms with Crippen molar-refractivity contribution in [1.82, 2.24) is 10.9 Å². The molecule has 0 rings (SSSR count). The van der Waals surface area contributed by atoms with Crippen molar-refractivity contribution in [3.05, 3.63) is 0 Å². The van der Waals surface area contributed by atoms with Gasteiger partial charge in [0.15, 0.2) is 0 Å². The third-order valence-corrected chi connectivity index (χ3v) is 3.85. The summed E-state index contributed by atoms with van der Waals surface area (Å²) in [5.74, 6) is -0.227. The third kappa shape index (κ3) is 16.9. The number of nitrogens with two attached hydrogens (primary N) is 1. The molecule has 6 heteroatoms. The number of guanidine groups is 1. The molecule has 0 aliphatic rings. The lowest BCUT2D eigenvalue weighted by molar-refractivity contribution is -0.148. The number of carbonyl (C=O) groups is 1. The number of carbonyl (C=O) groups excluding carboxylic acids is 1. The predicted molar refractivity (Wildman–Crippen MR) is 100 cm³/mol. The maximum absolute atomic E-state index is 11.4. The number of hydroxylamine groups is 1. The summed E-state index contributed by atoms with van der Waals surface area (Å²) < 4.78 is 0. The SMILES string of the molecule is CCCCCCCCCCCNN=C(N)NOC(=O)CCCCC. The zero-order chi connectivity index (χ0) is 17.9. The maximum Gasteiger partial charge on any atom is 0.332 e. The lowest BCUT2D eigenvalue weighted by Crippen LogP contribution is -2.35. The largest absolute Gasteiger partial charge is 0.366 e. The number of rotatable bonds is 15. The molecular weight excluding hydrogens is 304 g/mol. The molecular formula is C18H38N4O2. The van der Waals surface area contributed by atoms with Crippen LogP contribution in [0, 0.1) is 0 Å². The molecule has 0 aliphatic heterocycles. The summed E-state index contributed by atoms with van der Waals surface area (Å²) >= 11 is 0. The third-order valence-electron chi connectivity index (χ3n) is 3.85. The highest BCUT2D eigenvalue weighted by Crippen LogP contribution is 2.09. The summed E-state index contributed by atoms with van der Waals surface area (Å²) in [5.41, 5.74) is 10.8. The summed E-state index contributed by atoms with van der Waals surface area (Å²) in [4.78, 5) is 16.2. The van der Waals surface area contributed by atoms with E-state index in [1.807, 2.05) is 0 Å². The number of hydrogen-bond donors (Lipinski definition) is 3. The summed E-state index contributed by atoms with van der Waals surface area (Å²) in [6.45, 7) is 5.12. The predicted octanol–water partition coefficient (Wildman–Crippen LogP) is 3.96. The number of nitrogens with one attached hydrogen (secondary N) is 2. The van der Waals surface area contributed by atoms with Crippen LogP contribution in [-0.2, 0) is 9.63 Å². The average Bonchev–Trinajstić information content (AvgIpc) is 2.58. The summed E-state index contributed by atoms with van der Waals surface area (Å²) in [5, 5.41) is 3.92. The molecule has 0 aliphatic carbocycles. The van der Waals surface area contributed by atoms with Gasteiger partial charge in [-0.1, -0.05) is 78.1 Å². The van der Waals surface area contributed by atoms with E-state index in [0.29, 0.717) is 6.42 Å². The Hall–Kier alpha value is -1.46. The first-order valence-electron chi connectivity index (χ1n) is 9.72. The second-order valence-corrected chi connectivity index (χ2v) is 6.27. The molecule has 0 heterocycles. The molecule has 0 unspecified atom stereocenters. The molecule has 0 spiro atoms. The van der Waals surface area contributed by atoms with E-state index < -0.39 is 0 Å². The van der Waals surface area contributed by atoms with Crippen molar-refractivity contribution in [2.24, 2.45) is 10.8 Å². The van der Waals surface area contributed by atoms with Crippen LogP contribution in [0.5, 0.6) is 0 Å². The Bertz CT molecular complexity index is 322. The molecule has 0 aromatic carbocycles. The van der Waals surface area contributed by atoms with Crippen molar-refractivity contribution in [2.75, 3.05) is 6.54 Å². The van der Waals surface area contributed by atoms with Gasteiger partial charge in [-0.25, -0.2) is 4.79 Å². The molecule has 0 atom stereocenters. The van der Waals surface area contributed by atoms with E-state index in [0.717, 1.165) is 32.2 Å². The van der Waals surface area contributed by atoms with Gasteiger partial charge in [-0.05, 0) is 12.8 Å².